The summed E-state index contributed by atoms with van der Waals surface area (Å²) in [6.45, 7) is 7.34. The van der Waals surface area contributed by atoms with Crippen molar-refractivity contribution in [2.45, 2.75) is 19.8 Å². The zero-order valence-corrected chi connectivity index (χ0v) is 13.0. The molecule has 0 aliphatic carbocycles. The Bertz CT molecular complexity index is 672. The van der Waals surface area contributed by atoms with Gasteiger partial charge < -0.3 is 20.3 Å². The van der Waals surface area contributed by atoms with E-state index in [2.05, 4.69) is 15.2 Å². The predicted octanol–water partition coefficient (Wildman–Crippen LogP) is 2.01. The van der Waals surface area contributed by atoms with E-state index in [1.807, 2.05) is 25.3 Å². The molecule has 1 aromatic carbocycles. The fourth-order valence-electron chi connectivity index (χ4n) is 3.20. The second kappa shape index (κ2) is 6.50. The van der Waals surface area contributed by atoms with Crippen LogP contribution in [0.1, 0.15) is 27.9 Å². The van der Waals surface area contributed by atoms with Gasteiger partial charge in [0, 0.05) is 43.3 Å². The molecule has 118 valence electrons. The molecule has 3 N–H and O–H groups in total. The number of carboxylic acid groups (broad SMARTS) is 1. The van der Waals surface area contributed by atoms with Crippen molar-refractivity contribution in [3.8, 4) is 0 Å². The number of nitrogens with zero attached hydrogens (tertiary/aromatic N) is 1. The Morgan fingerprint density at radius 1 is 1.32 bits per heavy atom. The number of benzene rings is 1. The first-order valence-electron chi connectivity index (χ1n) is 7.92. The minimum atomic E-state index is -0.854. The summed E-state index contributed by atoms with van der Waals surface area (Å²) in [5, 5.41) is 13.7. The third-order valence-electron chi connectivity index (χ3n) is 4.47. The summed E-state index contributed by atoms with van der Waals surface area (Å²) in [5.74, 6) is -0.854. The predicted molar refractivity (Wildman–Crippen MR) is 87.6 cm³/mol. The first-order valence-corrected chi connectivity index (χ1v) is 7.92. The van der Waals surface area contributed by atoms with Gasteiger partial charge in [0.15, 0.2) is 0 Å². The molecule has 1 aromatic heterocycles. The van der Waals surface area contributed by atoms with Crippen molar-refractivity contribution in [1.82, 2.24) is 15.2 Å². The molecule has 5 heteroatoms. The molecule has 0 saturated carbocycles. The summed E-state index contributed by atoms with van der Waals surface area (Å²) >= 11 is 0. The van der Waals surface area contributed by atoms with E-state index in [0.29, 0.717) is 5.56 Å². The molecule has 0 spiro atoms. The van der Waals surface area contributed by atoms with Crippen molar-refractivity contribution in [3.05, 3.63) is 35.0 Å². The number of piperazine rings is 1. The van der Waals surface area contributed by atoms with E-state index in [-0.39, 0.29) is 0 Å². The van der Waals surface area contributed by atoms with E-state index in [1.54, 1.807) is 0 Å². The Morgan fingerprint density at radius 3 is 2.82 bits per heavy atom. The second-order valence-corrected chi connectivity index (χ2v) is 6.03. The molecule has 3 rings (SSSR count). The molecule has 2 heterocycles. The minimum absolute atomic E-state index is 0.399. The molecule has 5 nitrogen and oxygen atoms in total. The van der Waals surface area contributed by atoms with Gasteiger partial charge in [-0.15, -0.1) is 0 Å². The maximum absolute atomic E-state index is 11.3. The fraction of sp³-hybridized carbons (Fsp3) is 0.471. The van der Waals surface area contributed by atoms with Gasteiger partial charge in [0.2, 0.25) is 0 Å². The van der Waals surface area contributed by atoms with Gasteiger partial charge in [-0.3, -0.25) is 0 Å². The lowest BCUT2D eigenvalue weighted by molar-refractivity contribution is 0.0696. The fourth-order valence-corrected chi connectivity index (χ4v) is 3.20. The number of fused-ring (bicyclic) bond motifs is 1. The Balaban J connectivity index is 1.70. The van der Waals surface area contributed by atoms with Gasteiger partial charge in [-0.1, -0.05) is 0 Å². The third-order valence-corrected chi connectivity index (χ3v) is 4.47. The zero-order chi connectivity index (χ0) is 15.5. The van der Waals surface area contributed by atoms with Crippen molar-refractivity contribution in [1.29, 1.82) is 0 Å². The number of hydrogen-bond acceptors (Lipinski definition) is 3. The summed E-state index contributed by atoms with van der Waals surface area (Å²) < 4.78 is 0. The number of aromatic carboxylic acids is 1. The van der Waals surface area contributed by atoms with E-state index in [4.69, 9.17) is 0 Å². The lowest BCUT2D eigenvalue weighted by Gasteiger charge is -2.26. The highest BCUT2D eigenvalue weighted by atomic mass is 16.4. The number of carboxylic acids is 1. The molecule has 1 saturated heterocycles. The lowest BCUT2D eigenvalue weighted by atomic mass is 10.0. The van der Waals surface area contributed by atoms with E-state index in [1.165, 1.54) is 5.56 Å². The van der Waals surface area contributed by atoms with Crippen LogP contribution < -0.4 is 5.32 Å². The Labute approximate surface area is 130 Å². The van der Waals surface area contributed by atoms with Crippen molar-refractivity contribution in [3.63, 3.8) is 0 Å². The maximum atomic E-state index is 11.3. The smallest absolute Gasteiger partial charge is 0.335 e. The maximum Gasteiger partial charge on any atom is 0.335 e. The molecule has 0 atom stereocenters. The normalized spacial score (nSPS) is 16.2. The van der Waals surface area contributed by atoms with Crippen molar-refractivity contribution in [2.75, 3.05) is 32.7 Å². The van der Waals surface area contributed by atoms with Gasteiger partial charge in [0.25, 0.3) is 0 Å². The average Bonchev–Trinajstić information content (AvgIpc) is 2.89. The van der Waals surface area contributed by atoms with Crippen LogP contribution in [0.3, 0.4) is 0 Å². The number of aromatic amines is 1. The van der Waals surface area contributed by atoms with Gasteiger partial charge in [-0.05, 0) is 49.6 Å². The largest absolute Gasteiger partial charge is 0.478 e. The molecular formula is C17H23N3O2. The molecule has 1 fully saturated rings. The molecule has 0 unspecified atom stereocenters. The van der Waals surface area contributed by atoms with Crippen molar-refractivity contribution in [2.24, 2.45) is 0 Å². The number of hydrogen-bond donors (Lipinski definition) is 3. The lowest BCUT2D eigenvalue weighted by Crippen LogP contribution is -2.43. The van der Waals surface area contributed by atoms with Gasteiger partial charge >= 0.3 is 5.97 Å². The van der Waals surface area contributed by atoms with Crippen LogP contribution in [0.5, 0.6) is 0 Å². The number of rotatable bonds is 5. The quantitative estimate of drug-likeness (QED) is 0.790. The number of aryl methyl sites for hydroxylation is 2. The minimum Gasteiger partial charge on any atom is -0.478 e. The van der Waals surface area contributed by atoms with E-state index in [9.17, 15) is 9.90 Å². The standard InChI is InChI=1S/C17H23N3O2/c1-12-9-16-15(10-14(12)17(21)22)13(11-19-16)3-2-6-20-7-4-18-5-8-20/h9-11,18-19H,2-8H2,1H3,(H,21,22). The monoisotopic (exact) mass is 301 g/mol. The van der Waals surface area contributed by atoms with Crippen LogP contribution >= 0.6 is 0 Å². The Hall–Kier alpha value is -1.85. The third kappa shape index (κ3) is 3.15. The second-order valence-electron chi connectivity index (χ2n) is 6.03. The number of carbonyl (C=O) groups is 1. The van der Waals surface area contributed by atoms with Crippen molar-refractivity contribution >= 4 is 16.9 Å². The molecule has 22 heavy (non-hydrogen) atoms. The topological polar surface area (TPSA) is 68.4 Å². The van der Waals surface area contributed by atoms with Crippen LogP contribution in [-0.4, -0.2) is 53.7 Å². The van der Waals surface area contributed by atoms with Crippen molar-refractivity contribution < 1.29 is 9.90 Å². The first kappa shape index (κ1) is 15.1. The van der Waals surface area contributed by atoms with E-state index in [0.717, 1.165) is 62.0 Å². The van der Waals surface area contributed by atoms with E-state index >= 15 is 0 Å². The zero-order valence-electron chi connectivity index (χ0n) is 13.0. The van der Waals surface area contributed by atoms with Crippen LogP contribution in [0, 0.1) is 6.92 Å². The molecule has 2 aromatic rings. The first-order chi connectivity index (χ1) is 10.6. The summed E-state index contributed by atoms with van der Waals surface area (Å²) in [6, 6.07) is 3.74. The van der Waals surface area contributed by atoms with Gasteiger partial charge in [-0.2, -0.15) is 0 Å². The van der Waals surface area contributed by atoms with Crippen LogP contribution in [0.15, 0.2) is 18.3 Å². The van der Waals surface area contributed by atoms with Crippen LogP contribution in [0.4, 0.5) is 0 Å². The molecule has 0 amide bonds. The number of nitrogens with one attached hydrogen (secondary N) is 2. The summed E-state index contributed by atoms with van der Waals surface area (Å²) in [4.78, 5) is 17.0. The SMILES string of the molecule is Cc1cc2[nH]cc(CCCN3CCNCC3)c2cc1C(=O)O. The molecule has 0 radical (unpaired) electrons. The molecule has 1 aliphatic rings. The molecule has 0 bridgehead atoms. The Morgan fingerprint density at radius 2 is 2.09 bits per heavy atom. The number of H-pyrrole nitrogens is 1. The Kier molecular flexibility index (Phi) is 4.45. The highest BCUT2D eigenvalue weighted by Gasteiger charge is 2.13. The molecule has 1 aliphatic heterocycles. The van der Waals surface area contributed by atoms with Gasteiger partial charge in [0.05, 0.1) is 5.56 Å². The average molecular weight is 301 g/mol. The van der Waals surface area contributed by atoms with E-state index < -0.39 is 5.97 Å². The summed E-state index contributed by atoms with van der Waals surface area (Å²) in [6.07, 6.45) is 4.10. The van der Waals surface area contributed by atoms with Crippen LogP contribution in [-0.2, 0) is 6.42 Å². The van der Waals surface area contributed by atoms with Gasteiger partial charge in [-0.25, -0.2) is 4.79 Å². The summed E-state index contributed by atoms with van der Waals surface area (Å²) in [7, 11) is 0. The number of aromatic nitrogens is 1. The highest BCUT2D eigenvalue weighted by Crippen LogP contribution is 2.24. The van der Waals surface area contributed by atoms with Crippen LogP contribution in [0.2, 0.25) is 0 Å². The molecular weight excluding hydrogens is 278 g/mol. The highest BCUT2D eigenvalue weighted by molar-refractivity contribution is 5.96. The summed E-state index contributed by atoms with van der Waals surface area (Å²) in [5.41, 5.74) is 3.44. The van der Waals surface area contributed by atoms with Crippen LogP contribution in [0.25, 0.3) is 10.9 Å². The van der Waals surface area contributed by atoms with Gasteiger partial charge in [0.1, 0.15) is 0 Å².